The Morgan fingerprint density at radius 1 is 1.53 bits per heavy atom. The van der Waals surface area contributed by atoms with Crippen LogP contribution in [-0.4, -0.2) is 30.4 Å². The van der Waals surface area contributed by atoms with Crippen LogP contribution in [0.25, 0.3) is 0 Å². The van der Waals surface area contributed by atoms with Crippen molar-refractivity contribution in [3.05, 3.63) is 0 Å². The first-order valence-electron chi connectivity index (χ1n) is 5.63. The molecule has 0 unspecified atom stereocenters. The number of nitrogens with two attached hydrogens (primary N) is 1. The molecule has 0 aromatic heterocycles. The molecule has 0 aliphatic heterocycles. The Morgan fingerprint density at radius 2 is 2.13 bits per heavy atom. The standard InChI is InChI=1S/C12H20N2O/c1-3-9-14(4-2)11(15)12(10-13)7-5-6-8-12/h1H,4-10,13H2,2H3. The van der Waals surface area contributed by atoms with Gasteiger partial charge in [-0.05, 0) is 19.8 Å². The molecule has 0 aromatic carbocycles. The van der Waals surface area contributed by atoms with Crippen LogP contribution < -0.4 is 5.73 Å². The van der Waals surface area contributed by atoms with Gasteiger partial charge in [-0.15, -0.1) is 6.42 Å². The summed E-state index contributed by atoms with van der Waals surface area (Å²) >= 11 is 0. The summed E-state index contributed by atoms with van der Waals surface area (Å²) in [6, 6.07) is 0. The van der Waals surface area contributed by atoms with E-state index in [0.717, 1.165) is 25.7 Å². The second kappa shape index (κ2) is 5.18. The van der Waals surface area contributed by atoms with Crippen LogP contribution in [0.5, 0.6) is 0 Å². The molecule has 1 aliphatic rings. The average Bonchev–Trinajstić information content (AvgIpc) is 2.74. The monoisotopic (exact) mass is 208 g/mol. The SMILES string of the molecule is C#CCN(CC)C(=O)C1(CN)CCCC1. The fourth-order valence-corrected chi connectivity index (χ4v) is 2.33. The van der Waals surface area contributed by atoms with E-state index in [2.05, 4.69) is 5.92 Å². The summed E-state index contributed by atoms with van der Waals surface area (Å²) in [5.41, 5.74) is 5.45. The van der Waals surface area contributed by atoms with Gasteiger partial charge in [0, 0.05) is 13.1 Å². The van der Waals surface area contributed by atoms with Crippen LogP contribution in [-0.2, 0) is 4.79 Å². The van der Waals surface area contributed by atoms with Crippen LogP contribution in [0.2, 0.25) is 0 Å². The molecule has 0 saturated heterocycles. The number of hydrogen-bond acceptors (Lipinski definition) is 2. The fourth-order valence-electron chi connectivity index (χ4n) is 2.33. The van der Waals surface area contributed by atoms with Crippen molar-refractivity contribution >= 4 is 5.91 Å². The van der Waals surface area contributed by atoms with Crippen LogP contribution >= 0.6 is 0 Å². The second-order valence-electron chi connectivity index (χ2n) is 4.22. The van der Waals surface area contributed by atoms with Crippen molar-refractivity contribution in [1.29, 1.82) is 0 Å². The van der Waals surface area contributed by atoms with Crippen molar-refractivity contribution in [3.63, 3.8) is 0 Å². The molecule has 1 rings (SSSR count). The highest BCUT2D eigenvalue weighted by molar-refractivity contribution is 5.83. The summed E-state index contributed by atoms with van der Waals surface area (Å²) in [6.45, 7) is 3.48. The average molecular weight is 208 g/mol. The summed E-state index contributed by atoms with van der Waals surface area (Å²) in [4.78, 5) is 14.0. The number of rotatable bonds is 4. The second-order valence-corrected chi connectivity index (χ2v) is 4.22. The van der Waals surface area contributed by atoms with Crippen molar-refractivity contribution in [2.45, 2.75) is 32.6 Å². The molecule has 1 aliphatic carbocycles. The van der Waals surface area contributed by atoms with Gasteiger partial charge in [0.1, 0.15) is 0 Å². The quantitative estimate of drug-likeness (QED) is 0.700. The largest absolute Gasteiger partial charge is 0.331 e. The van der Waals surface area contributed by atoms with Crippen LogP contribution in [0, 0.1) is 17.8 Å². The zero-order valence-corrected chi connectivity index (χ0v) is 9.46. The highest BCUT2D eigenvalue weighted by Gasteiger charge is 2.41. The number of amides is 1. The van der Waals surface area contributed by atoms with E-state index in [1.165, 1.54) is 0 Å². The minimum Gasteiger partial charge on any atom is -0.331 e. The Hall–Kier alpha value is -1.01. The predicted molar refractivity (Wildman–Crippen MR) is 61.0 cm³/mol. The molecule has 1 amide bonds. The van der Waals surface area contributed by atoms with Gasteiger partial charge in [-0.25, -0.2) is 0 Å². The summed E-state index contributed by atoms with van der Waals surface area (Å²) in [5, 5.41) is 0. The van der Waals surface area contributed by atoms with Crippen molar-refractivity contribution in [2.24, 2.45) is 11.1 Å². The van der Waals surface area contributed by atoms with E-state index in [-0.39, 0.29) is 11.3 Å². The molecule has 0 aromatic rings. The number of carbonyl (C=O) groups is 1. The van der Waals surface area contributed by atoms with Crippen molar-refractivity contribution in [3.8, 4) is 12.3 Å². The maximum atomic E-state index is 12.3. The van der Waals surface area contributed by atoms with E-state index in [9.17, 15) is 4.79 Å². The van der Waals surface area contributed by atoms with Crippen molar-refractivity contribution < 1.29 is 4.79 Å². The Balaban J connectivity index is 2.75. The molecule has 15 heavy (non-hydrogen) atoms. The highest BCUT2D eigenvalue weighted by Crippen LogP contribution is 2.38. The Bertz CT molecular complexity index is 261. The van der Waals surface area contributed by atoms with Crippen LogP contribution in [0.3, 0.4) is 0 Å². The van der Waals surface area contributed by atoms with Gasteiger partial charge >= 0.3 is 0 Å². The van der Waals surface area contributed by atoms with Crippen LogP contribution in [0.15, 0.2) is 0 Å². The zero-order valence-electron chi connectivity index (χ0n) is 9.46. The minimum absolute atomic E-state index is 0.156. The molecule has 0 bridgehead atoms. The minimum atomic E-state index is -0.313. The summed E-state index contributed by atoms with van der Waals surface area (Å²) in [6.07, 6.45) is 9.31. The Morgan fingerprint density at radius 3 is 2.53 bits per heavy atom. The van der Waals surface area contributed by atoms with Gasteiger partial charge in [0.2, 0.25) is 5.91 Å². The molecule has 0 spiro atoms. The molecule has 84 valence electrons. The first kappa shape index (κ1) is 12.1. The number of terminal acetylenes is 1. The molecule has 0 radical (unpaired) electrons. The van der Waals surface area contributed by atoms with Crippen LogP contribution in [0.1, 0.15) is 32.6 Å². The van der Waals surface area contributed by atoms with E-state index < -0.39 is 0 Å². The number of hydrogen-bond donors (Lipinski definition) is 1. The van der Waals surface area contributed by atoms with Crippen molar-refractivity contribution in [2.75, 3.05) is 19.6 Å². The molecule has 3 nitrogen and oxygen atoms in total. The molecule has 0 atom stereocenters. The lowest BCUT2D eigenvalue weighted by Gasteiger charge is -2.31. The third kappa shape index (κ3) is 2.32. The van der Waals surface area contributed by atoms with Gasteiger partial charge in [0.05, 0.1) is 12.0 Å². The van der Waals surface area contributed by atoms with E-state index in [4.69, 9.17) is 12.2 Å². The van der Waals surface area contributed by atoms with Gasteiger partial charge in [-0.3, -0.25) is 4.79 Å². The third-order valence-corrected chi connectivity index (χ3v) is 3.36. The summed E-state index contributed by atoms with van der Waals surface area (Å²) in [5.74, 6) is 2.68. The van der Waals surface area contributed by atoms with Gasteiger partial charge in [0.25, 0.3) is 0 Å². The van der Waals surface area contributed by atoms with Gasteiger partial charge in [-0.1, -0.05) is 18.8 Å². The maximum absolute atomic E-state index is 12.3. The molecular weight excluding hydrogens is 188 g/mol. The number of nitrogens with zero attached hydrogens (tertiary/aromatic N) is 1. The lowest BCUT2D eigenvalue weighted by atomic mass is 9.84. The first-order chi connectivity index (χ1) is 7.20. The molecule has 3 heteroatoms. The predicted octanol–water partition coefficient (Wildman–Crippen LogP) is 0.987. The Kier molecular flexibility index (Phi) is 4.16. The topological polar surface area (TPSA) is 46.3 Å². The van der Waals surface area contributed by atoms with Gasteiger partial charge in [-0.2, -0.15) is 0 Å². The van der Waals surface area contributed by atoms with Crippen molar-refractivity contribution in [1.82, 2.24) is 4.90 Å². The molecule has 0 heterocycles. The van der Waals surface area contributed by atoms with E-state index >= 15 is 0 Å². The van der Waals surface area contributed by atoms with Crippen LogP contribution in [0.4, 0.5) is 0 Å². The Labute approximate surface area is 92.0 Å². The molecule has 1 fully saturated rings. The summed E-state index contributed by atoms with van der Waals surface area (Å²) in [7, 11) is 0. The van der Waals surface area contributed by atoms with E-state index in [1.807, 2.05) is 6.92 Å². The summed E-state index contributed by atoms with van der Waals surface area (Å²) < 4.78 is 0. The molecule has 1 saturated carbocycles. The normalized spacial score (nSPS) is 18.5. The first-order valence-corrected chi connectivity index (χ1v) is 5.63. The van der Waals surface area contributed by atoms with Gasteiger partial charge < -0.3 is 10.6 Å². The molecule has 2 N–H and O–H groups in total. The highest BCUT2D eigenvalue weighted by atomic mass is 16.2. The van der Waals surface area contributed by atoms with E-state index in [0.29, 0.717) is 19.6 Å². The lowest BCUT2D eigenvalue weighted by Crippen LogP contribution is -2.46. The smallest absolute Gasteiger partial charge is 0.230 e. The third-order valence-electron chi connectivity index (χ3n) is 3.36. The van der Waals surface area contributed by atoms with E-state index in [1.54, 1.807) is 4.90 Å². The van der Waals surface area contributed by atoms with Gasteiger partial charge in [0.15, 0.2) is 0 Å². The number of carbonyl (C=O) groups excluding carboxylic acids is 1. The maximum Gasteiger partial charge on any atom is 0.230 e. The zero-order chi connectivity index (χ0) is 11.3. The molecular formula is C12H20N2O. The lowest BCUT2D eigenvalue weighted by molar-refractivity contribution is -0.140. The fraction of sp³-hybridized carbons (Fsp3) is 0.750.